The molecule has 154 valence electrons. The first kappa shape index (κ1) is 19.7. The summed E-state index contributed by atoms with van der Waals surface area (Å²) in [5.74, 6) is -1.18. The van der Waals surface area contributed by atoms with Crippen LogP contribution in [0.2, 0.25) is 0 Å². The second-order valence-corrected chi connectivity index (χ2v) is 7.24. The van der Waals surface area contributed by atoms with Crippen LogP contribution in [0.3, 0.4) is 0 Å². The van der Waals surface area contributed by atoms with Crippen molar-refractivity contribution < 1.29 is 14.0 Å². The Bertz CT molecular complexity index is 1060. The Kier molecular flexibility index (Phi) is 5.51. The van der Waals surface area contributed by atoms with E-state index in [-0.39, 0.29) is 35.8 Å². The number of benzene rings is 1. The molecule has 2 aromatic heterocycles. The first-order chi connectivity index (χ1) is 14.5. The van der Waals surface area contributed by atoms with Crippen molar-refractivity contribution in [1.82, 2.24) is 24.9 Å². The van der Waals surface area contributed by atoms with Crippen molar-refractivity contribution in [2.45, 2.75) is 19.4 Å². The Hall–Kier alpha value is -3.62. The third-order valence-electron chi connectivity index (χ3n) is 5.35. The number of nitrogens with zero attached hydrogens (tertiary/aromatic N) is 5. The Balaban J connectivity index is 1.67. The zero-order chi connectivity index (χ0) is 21.1. The van der Waals surface area contributed by atoms with E-state index in [1.165, 1.54) is 10.7 Å². The molecule has 0 aliphatic carbocycles. The van der Waals surface area contributed by atoms with Gasteiger partial charge in [0.15, 0.2) is 5.69 Å². The van der Waals surface area contributed by atoms with Gasteiger partial charge in [-0.3, -0.25) is 14.6 Å². The lowest BCUT2D eigenvalue weighted by atomic mass is 9.96. The molecule has 0 unspecified atom stereocenters. The van der Waals surface area contributed by atoms with Gasteiger partial charge >= 0.3 is 0 Å². The molecule has 2 amide bonds. The number of aromatic nitrogens is 4. The number of nitrogens with two attached hydrogens (primary N) is 1. The molecule has 4 rings (SSSR count). The monoisotopic (exact) mass is 408 g/mol. The Morgan fingerprint density at radius 3 is 2.47 bits per heavy atom. The molecule has 0 bridgehead atoms. The quantitative estimate of drug-likeness (QED) is 0.694. The summed E-state index contributed by atoms with van der Waals surface area (Å²) in [4.78, 5) is 30.3. The maximum absolute atomic E-state index is 14.2. The van der Waals surface area contributed by atoms with Crippen LogP contribution in [0.15, 0.2) is 48.8 Å². The molecular formula is C21H21FN6O2. The molecule has 3 aromatic rings. The summed E-state index contributed by atoms with van der Waals surface area (Å²) < 4.78 is 15.7. The highest BCUT2D eigenvalue weighted by Gasteiger charge is 2.30. The van der Waals surface area contributed by atoms with Crippen LogP contribution in [0.4, 0.5) is 4.39 Å². The van der Waals surface area contributed by atoms with Crippen molar-refractivity contribution in [3.63, 3.8) is 0 Å². The molecule has 3 heterocycles. The van der Waals surface area contributed by atoms with Gasteiger partial charge in [0.25, 0.3) is 5.91 Å². The zero-order valence-corrected chi connectivity index (χ0v) is 16.2. The number of carbonyl (C=O) groups excluding carboxylic acids is 2. The molecule has 0 radical (unpaired) electrons. The summed E-state index contributed by atoms with van der Waals surface area (Å²) in [6.45, 7) is 0.971. The smallest absolute Gasteiger partial charge is 0.276 e. The van der Waals surface area contributed by atoms with E-state index in [0.717, 1.165) is 0 Å². The molecule has 1 aliphatic heterocycles. The number of piperidine rings is 1. The van der Waals surface area contributed by atoms with Crippen molar-refractivity contribution in [3.05, 3.63) is 65.9 Å². The molecule has 1 saturated heterocycles. The van der Waals surface area contributed by atoms with E-state index in [4.69, 9.17) is 5.73 Å². The SMILES string of the molecule is NC(=O)C1CCN(C(=O)c2nnn(Cc3ccccc3F)c2-c2ccncc2)CC1. The van der Waals surface area contributed by atoms with Gasteiger partial charge in [0.05, 0.1) is 6.54 Å². The normalized spacial score (nSPS) is 14.6. The fourth-order valence-corrected chi connectivity index (χ4v) is 3.67. The highest BCUT2D eigenvalue weighted by atomic mass is 19.1. The van der Waals surface area contributed by atoms with Crippen molar-refractivity contribution in [2.24, 2.45) is 11.7 Å². The second kappa shape index (κ2) is 8.40. The lowest BCUT2D eigenvalue weighted by Crippen LogP contribution is -2.42. The lowest BCUT2D eigenvalue weighted by Gasteiger charge is -2.30. The van der Waals surface area contributed by atoms with Crippen LogP contribution in [0.5, 0.6) is 0 Å². The van der Waals surface area contributed by atoms with Gasteiger partial charge in [0.1, 0.15) is 11.5 Å². The predicted molar refractivity (Wildman–Crippen MR) is 107 cm³/mol. The van der Waals surface area contributed by atoms with Gasteiger partial charge in [0.2, 0.25) is 5.91 Å². The highest BCUT2D eigenvalue weighted by molar-refractivity contribution is 5.98. The molecule has 8 nitrogen and oxygen atoms in total. The summed E-state index contributed by atoms with van der Waals surface area (Å²) in [7, 11) is 0. The summed E-state index contributed by atoms with van der Waals surface area (Å²) in [5, 5.41) is 8.28. The fraction of sp³-hybridized carbons (Fsp3) is 0.286. The van der Waals surface area contributed by atoms with E-state index in [1.807, 2.05) is 0 Å². The fourth-order valence-electron chi connectivity index (χ4n) is 3.67. The van der Waals surface area contributed by atoms with Crippen LogP contribution in [-0.4, -0.2) is 49.8 Å². The van der Waals surface area contributed by atoms with Gasteiger partial charge < -0.3 is 10.6 Å². The van der Waals surface area contributed by atoms with Crippen LogP contribution >= 0.6 is 0 Å². The summed E-state index contributed by atoms with van der Waals surface area (Å²) in [6.07, 6.45) is 4.27. The van der Waals surface area contributed by atoms with Crippen LogP contribution in [0.1, 0.15) is 28.9 Å². The average molecular weight is 408 g/mol. The van der Waals surface area contributed by atoms with Crippen molar-refractivity contribution >= 4 is 11.8 Å². The van der Waals surface area contributed by atoms with Crippen LogP contribution in [0, 0.1) is 11.7 Å². The molecule has 9 heteroatoms. The largest absolute Gasteiger partial charge is 0.369 e. The highest BCUT2D eigenvalue weighted by Crippen LogP contribution is 2.26. The average Bonchev–Trinajstić information content (AvgIpc) is 3.19. The van der Waals surface area contributed by atoms with Gasteiger partial charge in [-0.25, -0.2) is 9.07 Å². The first-order valence-corrected chi connectivity index (χ1v) is 9.70. The van der Waals surface area contributed by atoms with E-state index in [2.05, 4.69) is 15.3 Å². The first-order valence-electron chi connectivity index (χ1n) is 9.70. The molecule has 0 spiro atoms. The van der Waals surface area contributed by atoms with Crippen molar-refractivity contribution in [1.29, 1.82) is 0 Å². The number of hydrogen-bond acceptors (Lipinski definition) is 5. The van der Waals surface area contributed by atoms with E-state index in [9.17, 15) is 14.0 Å². The van der Waals surface area contributed by atoms with Gasteiger partial charge in [-0.2, -0.15) is 0 Å². The minimum Gasteiger partial charge on any atom is -0.369 e. The number of likely N-dealkylation sites (tertiary alicyclic amines) is 1. The summed E-state index contributed by atoms with van der Waals surface area (Å²) >= 11 is 0. The van der Waals surface area contributed by atoms with Gasteiger partial charge in [-0.1, -0.05) is 23.4 Å². The number of carbonyl (C=O) groups is 2. The van der Waals surface area contributed by atoms with E-state index >= 15 is 0 Å². The topological polar surface area (TPSA) is 107 Å². The van der Waals surface area contributed by atoms with Crippen molar-refractivity contribution in [2.75, 3.05) is 13.1 Å². The molecule has 2 N–H and O–H groups in total. The lowest BCUT2D eigenvalue weighted by molar-refractivity contribution is -0.123. The van der Waals surface area contributed by atoms with Crippen LogP contribution in [-0.2, 0) is 11.3 Å². The zero-order valence-electron chi connectivity index (χ0n) is 16.2. The van der Waals surface area contributed by atoms with Gasteiger partial charge in [-0.05, 0) is 31.0 Å². The third-order valence-corrected chi connectivity index (χ3v) is 5.35. The number of rotatable bonds is 5. The maximum Gasteiger partial charge on any atom is 0.276 e. The number of amides is 2. The van der Waals surface area contributed by atoms with Crippen molar-refractivity contribution in [3.8, 4) is 11.3 Å². The summed E-state index contributed by atoms with van der Waals surface area (Å²) in [6, 6.07) is 9.93. The molecule has 1 fully saturated rings. The maximum atomic E-state index is 14.2. The number of pyridine rings is 1. The van der Waals surface area contributed by atoms with Crippen LogP contribution in [0.25, 0.3) is 11.3 Å². The predicted octanol–water partition coefficient (Wildman–Crippen LogP) is 1.87. The van der Waals surface area contributed by atoms with Gasteiger partial charge in [-0.15, -0.1) is 5.10 Å². The van der Waals surface area contributed by atoms with E-state index in [0.29, 0.717) is 42.8 Å². The minimum absolute atomic E-state index is 0.133. The number of hydrogen-bond donors (Lipinski definition) is 1. The number of primary amides is 1. The Morgan fingerprint density at radius 2 is 1.80 bits per heavy atom. The molecule has 1 aromatic carbocycles. The Labute approximate surface area is 172 Å². The van der Waals surface area contributed by atoms with Gasteiger partial charge in [0, 0.05) is 42.5 Å². The minimum atomic E-state index is -0.352. The molecule has 0 saturated carbocycles. The number of halogens is 1. The molecular weight excluding hydrogens is 387 g/mol. The molecule has 0 atom stereocenters. The standard InChI is InChI=1S/C21H21FN6O2/c22-17-4-2-1-3-16(17)13-28-19(14-5-9-24-10-6-14)18(25-26-28)21(30)27-11-7-15(8-12-27)20(23)29/h1-6,9-10,15H,7-8,11-13H2,(H2,23,29). The van der Waals surface area contributed by atoms with E-state index < -0.39 is 0 Å². The second-order valence-electron chi connectivity index (χ2n) is 7.24. The van der Waals surface area contributed by atoms with E-state index in [1.54, 1.807) is 47.6 Å². The molecule has 30 heavy (non-hydrogen) atoms. The summed E-state index contributed by atoms with van der Waals surface area (Å²) in [5.41, 5.74) is 7.23. The van der Waals surface area contributed by atoms with Crippen LogP contribution < -0.4 is 5.73 Å². The Morgan fingerprint density at radius 1 is 1.10 bits per heavy atom. The third kappa shape index (κ3) is 3.91. The molecule has 1 aliphatic rings.